The maximum Gasteiger partial charge on any atom is 0.255 e. The van der Waals surface area contributed by atoms with E-state index in [1.54, 1.807) is 19.9 Å². The standard InChI is InChI=1S/C12H13FN2O/c1-3-15(7-6-14)12(16)11-8-10(13)5-4-9(11)2/h4-5,8H,3,7H2,1-2H3. The number of rotatable bonds is 3. The van der Waals surface area contributed by atoms with Crippen LogP contribution in [0.5, 0.6) is 0 Å². The summed E-state index contributed by atoms with van der Waals surface area (Å²) in [5.41, 5.74) is 1.03. The van der Waals surface area contributed by atoms with Crippen LogP contribution in [0.15, 0.2) is 18.2 Å². The number of amides is 1. The van der Waals surface area contributed by atoms with Crippen LogP contribution in [0.3, 0.4) is 0 Å². The highest BCUT2D eigenvalue weighted by Crippen LogP contribution is 2.12. The molecule has 0 fully saturated rings. The van der Waals surface area contributed by atoms with Gasteiger partial charge in [0.15, 0.2) is 0 Å². The molecule has 0 saturated carbocycles. The van der Waals surface area contributed by atoms with Crippen LogP contribution in [0.4, 0.5) is 4.39 Å². The third kappa shape index (κ3) is 2.57. The normalized spacial score (nSPS) is 9.62. The van der Waals surface area contributed by atoms with Gasteiger partial charge in [-0.2, -0.15) is 5.26 Å². The van der Waals surface area contributed by atoms with Crippen molar-refractivity contribution in [3.05, 3.63) is 35.1 Å². The molecule has 3 nitrogen and oxygen atoms in total. The smallest absolute Gasteiger partial charge is 0.255 e. The van der Waals surface area contributed by atoms with Gasteiger partial charge in [-0.1, -0.05) is 6.07 Å². The van der Waals surface area contributed by atoms with Gasteiger partial charge in [-0.05, 0) is 31.5 Å². The molecule has 84 valence electrons. The Balaban J connectivity index is 3.03. The molecule has 0 atom stereocenters. The topological polar surface area (TPSA) is 44.1 Å². The first-order valence-electron chi connectivity index (χ1n) is 5.02. The Kier molecular flexibility index (Phi) is 4.01. The molecule has 0 aromatic heterocycles. The molecule has 4 heteroatoms. The lowest BCUT2D eigenvalue weighted by molar-refractivity contribution is 0.0783. The maximum atomic E-state index is 13.0. The molecular weight excluding hydrogens is 207 g/mol. The highest BCUT2D eigenvalue weighted by atomic mass is 19.1. The summed E-state index contributed by atoms with van der Waals surface area (Å²) in [5.74, 6) is -0.747. The van der Waals surface area contributed by atoms with Crippen LogP contribution >= 0.6 is 0 Å². The third-order valence-electron chi connectivity index (χ3n) is 2.36. The fraction of sp³-hybridized carbons (Fsp3) is 0.333. The lowest BCUT2D eigenvalue weighted by Gasteiger charge is -2.18. The lowest BCUT2D eigenvalue weighted by atomic mass is 10.1. The van der Waals surface area contributed by atoms with Crippen molar-refractivity contribution in [1.29, 1.82) is 5.26 Å². The summed E-state index contributed by atoms with van der Waals surface area (Å²) in [6, 6.07) is 5.99. The van der Waals surface area contributed by atoms with Gasteiger partial charge >= 0.3 is 0 Å². The summed E-state index contributed by atoms with van der Waals surface area (Å²) in [6.07, 6.45) is 0. The number of halogens is 1. The second-order valence-corrected chi connectivity index (χ2v) is 3.44. The molecule has 0 aliphatic carbocycles. The minimum atomic E-state index is -0.443. The summed E-state index contributed by atoms with van der Waals surface area (Å²) in [6.45, 7) is 3.98. The van der Waals surface area contributed by atoms with Crippen molar-refractivity contribution in [1.82, 2.24) is 4.90 Å². The van der Waals surface area contributed by atoms with Gasteiger partial charge in [0.05, 0.1) is 6.07 Å². The molecule has 0 heterocycles. The molecule has 1 amide bonds. The van der Waals surface area contributed by atoms with Crippen LogP contribution < -0.4 is 0 Å². The lowest BCUT2D eigenvalue weighted by Crippen LogP contribution is -2.31. The van der Waals surface area contributed by atoms with E-state index in [1.807, 2.05) is 6.07 Å². The van der Waals surface area contributed by atoms with E-state index in [0.29, 0.717) is 17.7 Å². The molecule has 0 saturated heterocycles. The van der Waals surface area contributed by atoms with Gasteiger partial charge in [-0.3, -0.25) is 4.79 Å². The fourth-order valence-electron chi connectivity index (χ4n) is 1.41. The summed E-state index contributed by atoms with van der Waals surface area (Å²) in [4.78, 5) is 13.3. The Morgan fingerprint density at radius 1 is 1.56 bits per heavy atom. The second kappa shape index (κ2) is 5.26. The first kappa shape index (κ1) is 12.2. The molecule has 1 rings (SSSR count). The molecule has 1 aromatic carbocycles. The zero-order chi connectivity index (χ0) is 12.1. The molecular formula is C12H13FN2O. The van der Waals surface area contributed by atoms with E-state index in [9.17, 15) is 9.18 Å². The van der Waals surface area contributed by atoms with E-state index in [-0.39, 0.29) is 12.5 Å². The van der Waals surface area contributed by atoms with E-state index in [2.05, 4.69) is 0 Å². The SMILES string of the molecule is CCN(CC#N)C(=O)c1cc(F)ccc1C. The quantitative estimate of drug-likeness (QED) is 0.732. The van der Waals surface area contributed by atoms with Gasteiger partial charge < -0.3 is 4.90 Å². The third-order valence-corrected chi connectivity index (χ3v) is 2.36. The minimum absolute atomic E-state index is 0.0191. The van der Waals surface area contributed by atoms with Crippen LogP contribution in [-0.4, -0.2) is 23.9 Å². The maximum absolute atomic E-state index is 13.0. The number of hydrogen-bond acceptors (Lipinski definition) is 2. The Bertz CT molecular complexity index is 437. The van der Waals surface area contributed by atoms with Crippen LogP contribution in [-0.2, 0) is 0 Å². The Morgan fingerprint density at radius 2 is 2.25 bits per heavy atom. The first-order chi connectivity index (χ1) is 7.60. The average Bonchev–Trinajstić information content (AvgIpc) is 2.28. The monoisotopic (exact) mass is 220 g/mol. The number of aryl methyl sites for hydroxylation is 1. The molecule has 0 unspecified atom stereocenters. The zero-order valence-corrected chi connectivity index (χ0v) is 9.33. The molecule has 0 spiro atoms. The number of nitriles is 1. The van der Waals surface area contributed by atoms with Gasteiger partial charge in [-0.15, -0.1) is 0 Å². The van der Waals surface area contributed by atoms with Gasteiger partial charge in [0.1, 0.15) is 12.4 Å². The summed E-state index contributed by atoms with van der Waals surface area (Å²) >= 11 is 0. The van der Waals surface area contributed by atoms with E-state index >= 15 is 0 Å². The first-order valence-corrected chi connectivity index (χ1v) is 5.02. The minimum Gasteiger partial charge on any atom is -0.326 e. The molecule has 0 aliphatic heterocycles. The van der Waals surface area contributed by atoms with Crippen LogP contribution in [0.2, 0.25) is 0 Å². The van der Waals surface area contributed by atoms with E-state index < -0.39 is 5.82 Å². The fourth-order valence-corrected chi connectivity index (χ4v) is 1.41. The van der Waals surface area contributed by atoms with Gasteiger partial charge in [0, 0.05) is 12.1 Å². The molecule has 0 radical (unpaired) electrons. The zero-order valence-electron chi connectivity index (χ0n) is 9.33. The Morgan fingerprint density at radius 3 is 2.81 bits per heavy atom. The van der Waals surface area contributed by atoms with Crippen molar-refractivity contribution in [2.75, 3.05) is 13.1 Å². The molecule has 0 N–H and O–H groups in total. The number of benzene rings is 1. The van der Waals surface area contributed by atoms with Crippen molar-refractivity contribution in [2.45, 2.75) is 13.8 Å². The van der Waals surface area contributed by atoms with Crippen molar-refractivity contribution >= 4 is 5.91 Å². The number of carbonyl (C=O) groups excluding carboxylic acids is 1. The summed E-state index contributed by atoms with van der Waals surface area (Å²) < 4.78 is 13.0. The molecule has 0 aliphatic rings. The van der Waals surface area contributed by atoms with Crippen molar-refractivity contribution in [3.63, 3.8) is 0 Å². The van der Waals surface area contributed by atoms with Gasteiger partial charge in [0.25, 0.3) is 5.91 Å². The van der Waals surface area contributed by atoms with Crippen LogP contribution in [0, 0.1) is 24.1 Å². The van der Waals surface area contributed by atoms with Crippen molar-refractivity contribution < 1.29 is 9.18 Å². The second-order valence-electron chi connectivity index (χ2n) is 3.44. The summed E-state index contributed by atoms with van der Waals surface area (Å²) in [5, 5.41) is 8.57. The Hall–Kier alpha value is -1.89. The summed E-state index contributed by atoms with van der Waals surface area (Å²) in [7, 11) is 0. The van der Waals surface area contributed by atoms with Gasteiger partial charge in [0.2, 0.25) is 0 Å². The predicted molar refractivity (Wildman–Crippen MR) is 58.3 cm³/mol. The predicted octanol–water partition coefficient (Wildman–Crippen LogP) is 2.12. The van der Waals surface area contributed by atoms with Crippen molar-refractivity contribution in [2.24, 2.45) is 0 Å². The highest BCUT2D eigenvalue weighted by molar-refractivity contribution is 5.95. The molecule has 0 bridgehead atoms. The van der Waals surface area contributed by atoms with Crippen LogP contribution in [0.25, 0.3) is 0 Å². The Labute approximate surface area is 94.1 Å². The number of hydrogen-bond donors (Lipinski definition) is 0. The van der Waals surface area contributed by atoms with E-state index in [0.717, 1.165) is 0 Å². The number of carbonyl (C=O) groups is 1. The van der Waals surface area contributed by atoms with Crippen molar-refractivity contribution in [3.8, 4) is 6.07 Å². The number of nitrogens with zero attached hydrogens (tertiary/aromatic N) is 2. The highest BCUT2D eigenvalue weighted by Gasteiger charge is 2.16. The van der Waals surface area contributed by atoms with E-state index in [1.165, 1.54) is 17.0 Å². The average molecular weight is 220 g/mol. The molecule has 1 aromatic rings. The van der Waals surface area contributed by atoms with E-state index in [4.69, 9.17) is 5.26 Å². The molecule has 16 heavy (non-hydrogen) atoms. The largest absolute Gasteiger partial charge is 0.326 e. The van der Waals surface area contributed by atoms with Gasteiger partial charge in [-0.25, -0.2) is 4.39 Å². The van der Waals surface area contributed by atoms with Crippen LogP contribution in [0.1, 0.15) is 22.8 Å².